The number of hydrogen-bond donors (Lipinski definition) is 0. The van der Waals surface area contributed by atoms with Crippen molar-refractivity contribution in [3.8, 4) is 22.8 Å². The van der Waals surface area contributed by atoms with E-state index in [2.05, 4.69) is 25.3 Å². The molecule has 5 rings (SSSR count). The predicted octanol–water partition coefficient (Wildman–Crippen LogP) is 2.58. The van der Waals surface area contributed by atoms with Crippen molar-refractivity contribution in [1.29, 1.82) is 0 Å². The molecule has 0 N–H and O–H groups in total. The van der Waals surface area contributed by atoms with Gasteiger partial charge in [-0.05, 0) is 49.3 Å². The average molecular weight is 376 g/mol. The molecule has 3 aromatic heterocycles. The van der Waals surface area contributed by atoms with Crippen LogP contribution in [0.2, 0.25) is 0 Å². The summed E-state index contributed by atoms with van der Waals surface area (Å²) in [6.07, 6.45) is 8.87. The van der Waals surface area contributed by atoms with Crippen molar-refractivity contribution < 1.29 is 9.32 Å². The van der Waals surface area contributed by atoms with Crippen LogP contribution in [0.4, 0.5) is 0 Å². The molecule has 0 spiro atoms. The van der Waals surface area contributed by atoms with Crippen molar-refractivity contribution in [3.63, 3.8) is 0 Å². The molecule has 8 heteroatoms. The molecule has 1 fully saturated rings. The number of amides is 1. The van der Waals surface area contributed by atoms with Crippen LogP contribution in [-0.4, -0.2) is 42.7 Å². The van der Waals surface area contributed by atoms with Gasteiger partial charge in [-0.3, -0.25) is 9.78 Å². The van der Waals surface area contributed by atoms with E-state index in [1.807, 2.05) is 18.0 Å². The predicted molar refractivity (Wildman–Crippen MR) is 99.8 cm³/mol. The lowest BCUT2D eigenvalue weighted by molar-refractivity contribution is -0.132. The molecule has 1 aliphatic heterocycles. The minimum Gasteiger partial charge on any atom is -0.338 e. The fraction of sp³-hybridized carbons (Fsp3) is 0.400. The maximum absolute atomic E-state index is 12.5. The van der Waals surface area contributed by atoms with E-state index in [4.69, 9.17) is 4.52 Å². The smallest absolute Gasteiger partial charge is 0.259 e. The standard InChI is InChI=1S/C20H20N6O2/c1-12-18(19-24-20(28-25-19)14-4-6-22-23-10-14)16-5-7-26(11-15(16)9-21-12)17(27)8-13-2-3-13/h4,6,9-10,13H,2-3,5,7-8,11H2,1H3. The summed E-state index contributed by atoms with van der Waals surface area (Å²) in [5, 5.41) is 11.8. The molecule has 0 bridgehead atoms. The summed E-state index contributed by atoms with van der Waals surface area (Å²) in [5.74, 6) is 1.77. The highest BCUT2D eigenvalue weighted by Gasteiger charge is 2.30. The Hall–Kier alpha value is -3.16. The average Bonchev–Trinajstić information content (AvgIpc) is 3.41. The second-order valence-electron chi connectivity index (χ2n) is 7.49. The van der Waals surface area contributed by atoms with Gasteiger partial charge in [0.15, 0.2) is 0 Å². The van der Waals surface area contributed by atoms with Gasteiger partial charge in [-0.25, -0.2) is 0 Å². The monoisotopic (exact) mass is 376 g/mol. The van der Waals surface area contributed by atoms with E-state index in [9.17, 15) is 4.79 Å². The van der Waals surface area contributed by atoms with Gasteiger partial charge in [0.1, 0.15) is 0 Å². The number of carbonyl (C=O) groups excluding carboxylic acids is 1. The van der Waals surface area contributed by atoms with Crippen LogP contribution in [0.3, 0.4) is 0 Å². The number of carbonyl (C=O) groups is 1. The van der Waals surface area contributed by atoms with Crippen LogP contribution in [0.5, 0.6) is 0 Å². The lowest BCUT2D eigenvalue weighted by Gasteiger charge is -2.30. The van der Waals surface area contributed by atoms with Gasteiger partial charge in [0.05, 0.1) is 18.0 Å². The molecule has 142 valence electrons. The molecule has 4 heterocycles. The lowest BCUT2D eigenvalue weighted by Crippen LogP contribution is -2.36. The number of aryl methyl sites for hydroxylation is 1. The SMILES string of the molecule is Cc1ncc2c(c1-c1noc(-c3ccnnc3)n1)CCN(C(=O)CC1CC1)C2. The second kappa shape index (κ2) is 6.78. The first-order chi connectivity index (χ1) is 13.7. The molecule has 28 heavy (non-hydrogen) atoms. The zero-order chi connectivity index (χ0) is 19.1. The molecule has 3 aromatic rings. The first-order valence-corrected chi connectivity index (χ1v) is 9.55. The molecule has 0 unspecified atom stereocenters. The van der Waals surface area contributed by atoms with E-state index in [-0.39, 0.29) is 5.91 Å². The van der Waals surface area contributed by atoms with Gasteiger partial charge in [0.2, 0.25) is 11.7 Å². The van der Waals surface area contributed by atoms with Crippen LogP contribution in [0, 0.1) is 12.8 Å². The lowest BCUT2D eigenvalue weighted by atomic mass is 9.94. The largest absolute Gasteiger partial charge is 0.338 e. The Labute approximate surface area is 162 Å². The van der Waals surface area contributed by atoms with Crippen molar-refractivity contribution in [2.75, 3.05) is 6.54 Å². The minimum atomic E-state index is 0.252. The van der Waals surface area contributed by atoms with E-state index >= 15 is 0 Å². The van der Waals surface area contributed by atoms with Gasteiger partial charge in [-0.15, -0.1) is 0 Å². The highest BCUT2D eigenvalue weighted by atomic mass is 16.5. The van der Waals surface area contributed by atoms with Crippen LogP contribution in [-0.2, 0) is 17.8 Å². The molecule has 2 aliphatic rings. The number of fused-ring (bicyclic) bond motifs is 1. The zero-order valence-electron chi connectivity index (χ0n) is 15.6. The summed E-state index contributed by atoms with van der Waals surface area (Å²) in [7, 11) is 0. The van der Waals surface area contributed by atoms with Crippen molar-refractivity contribution in [3.05, 3.63) is 41.5 Å². The summed E-state index contributed by atoms with van der Waals surface area (Å²) in [5.41, 5.74) is 4.71. The van der Waals surface area contributed by atoms with E-state index in [0.29, 0.717) is 37.1 Å². The van der Waals surface area contributed by atoms with Gasteiger partial charge < -0.3 is 9.42 Å². The maximum atomic E-state index is 12.5. The zero-order valence-corrected chi connectivity index (χ0v) is 15.6. The van der Waals surface area contributed by atoms with Crippen LogP contribution >= 0.6 is 0 Å². The number of hydrogen-bond acceptors (Lipinski definition) is 7. The molecule has 0 saturated heterocycles. The van der Waals surface area contributed by atoms with E-state index in [1.165, 1.54) is 12.8 Å². The first kappa shape index (κ1) is 17.0. The third-order valence-corrected chi connectivity index (χ3v) is 5.45. The van der Waals surface area contributed by atoms with Crippen molar-refractivity contribution in [2.24, 2.45) is 5.92 Å². The molecule has 0 atom stereocenters. The van der Waals surface area contributed by atoms with Gasteiger partial charge in [0, 0.05) is 37.0 Å². The fourth-order valence-electron chi connectivity index (χ4n) is 3.72. The molecule has 0 radical (unpaired) electrons. The third-order valence-electron chi connectivity index (χ3n) is 5.45. The summed E-state index contributed by atoms with van der Waals surface area (Å²) in [4.78, 5) is 23.5. The summed E-state index contributed by atoms with van der Waals surface area (Å²) in [6.45, 7) is 3.26. The molecular formula is C20H20N6O2. The van der Waals surface area contributed by atoms with Gasteiger partial charge >= 0.3 is 0 Å². The molecule has 8 nitrogen and oxygen atoms in total. The van der Waals surface area contributed by atoms with Crippen molar-refractivity contribution in [2.45, 2.75) is 39.2 Å². The van der Waals surface area contributed by atoms with Crippen molar-refractivity contribution >= 4 is 5.91 Å². The molecular weight excluding hydrogens is 356 g/mol. The number of rotatable bonds is 4. The van der Waals surface area contributed by atoms with E-state index in [1.54, 1.807) is 18.5 Å². The Kier molecular flexibility index (Phi) is 4.11. The Morgan fingerprint density at radius 1 is 1.29 bits per heavy atom. The summed E-state index contributed by atoms with van der Waals surface area (Å²) in [6, 6.07) is 1.78. The Balaban J connectivity index is 1.45. The molecule has 1 saturated carbocycles. The van der Waals surface area contributed by atoms with E-state index < -0.39 is 0 Å². The topological polar surface area (TPSA) is 97.9 Å². The highest BCUT2D eigenvalue weighted by molar-refractivity contribution is 5.77. The third kappa shape index (κ3) is 3.15. The Morgan fingerprint density at radius 3 is 2.96 bits per heavy atom. The minimum absolute atomic E-state index is 0.252. The van der Waals surface area contributed by atoms with Crippen molar-refractivity contribution in [1.82, 2.24) is 30.2 Å². The normalized spacial score (nSPS) is 16.1. The molecule has 1 aliphatic carbocycles. The van der Waals surface area contributed by atoms with Gasteiger partial charge in [-0.1, -0.05) is 5.16 Å². The summed E-state index contributed by atoms with van der Waals surface area (Å²) >= 11 is 0. The number of pyridine rings is 1. The van der Waals surface area contributed by atoms with Gasteiger partial charge in [-0.2, -0.15) is 15.2 Å². The van der Waals surface area contributed by atoms with E-state index in [0.717, 1.165) is 34.4 Å². The fourth-order valence-corrected chi connectivity index (χ4v) is 3.72. The number of nitrogens with zero attached hydrogens (tertiary/aromatic N) is 6. The van der Waals surface area contributed by atoms with Crippen LogP contribution in [0.25, 0.3) is 22.8 Å². The first-order valence-electron chi connectivity index (χ1n) is 9.55. The van der Waals surface area contributed by atoms with Crippen LogP contribution < -0.4 is 0 Å². The molecule has 0 aromatic carbocycles. The Bertz CT molecular complexity index is 1030. The second-order valence-corrected chi connectivity index (χ2v) is 7.49. The van der Waals surface area contributed by atoms with Crippen LogP contribution in [0.15, 0.2) is 29.2 Å². The quantitative estimate of drug-likeness (QED) is 0.690. The van der Waals surface area contributed by atoms with Gasteiger partial charge in [0.25, 0.3) is 5.89 Å². The highest BCUT2D eigenvalue weighted by Crippen LogP contribution is 2.35. The number of aromatic nitrogens is 5. The Morgan fingerprint density at radius 2 is 2.18 bits per heavy atom. The van der Waals surface area contributed by atoms with Crippen LogP contribution in [0.1, 0.15) is 36.1 Å². The summed E-state index contributed by atoms with van der Waals surface area (Å²) < 4.78 is 5.44. The molecule has 1 amide bonds. The maximum Gasteiger partial charge on any atom is 0.259 e.